The molecule has 0 spiro atoms. The zero-order valence-corrected chi connectivity index (χ0v) is 15.2. The van der Waals surface area contributed by atoms with E-state index in [0.717, 1.165) is 11.4 Å². The van der Waals surface area contributed by atoms with Crippen LogP contribution in [0.5, 0.6) is 0 Å². The average molecular weight is 351 g/mol. The second-order valence-electron chi connectivity index (χ2n) is 6.82. The fraction of sp³-hybridized carbons (Fsp3) is 0.316. The zero-order valence-electron chi connectivity index (χ0n) is 15.2. The van der Waals surface area contributed by atoms with Gasteiger partial charge in [0, 0.05) is 17.5 Å². The molecule has 3 heterocycles. The van der Waals surface area contributed by atoms with E-state index in [1.54, 1.807) is 33.2 Å². The minimum absolute atomic E-state index is 0.175. The summed E-state index contributed by atoms with van der Waals surface area (Å²) in [5.74, 6) is -0.394. The van der Waals surface area contributed by atoms with Gasteiger partial charge in [0.25, 0.3) is 5.91 Å². The Morgan fingerprint density at radius 2 is 1.96 bits per heavy atom. The van der Waals surface area contributed by atoms with E-state index < -0.39 is 17.6 Å². The molecule has 7 heteroatoms. The number of carbonyl (C=O) groups is 1. The van der Waals surface area contributed by atoms with Crippen molar-refractivity contribution < 1.29 is 9.90 Å². The maximum absolute atomic E-state index is 12.5. The van der Waals surface area contributed by atoms with Crippen molar-refractivity contribution in [1.82, 2.24) is 25.3 Å². The van der Waals surface area contributed by atoms with Gasteiger partial charge in [0.1, 0.15) is 16.7 Å². The van der Waals surface area contributed by atoms with Gasteiger partial charge in [0.2, 0.25) is 0 Å². The first-order valence-electron chi connectivity index (χ1n) is 8.34. The van der Waals surface area contributed by atoms with Crippen LogP contribution in [0.25, 0.3) is 22.3 Å². The minimum Gasteiger partial charge on any atom is -0.388 e. The van der Waals surface area contributed by atoms with Crippen LogP contribution in [-0.4, -0.2) is 42.6 Å². The lowest BCUT2D eigenvalue weighted by Gasteiger charge is -2.26. The van der Waals surface area contributed by atoms with E-state index in [2.05, 4.69) is 25.3 Å². The van der Waals surface area contributed by atoms with Gasteiger partial charge in [-0.05, 0) is 39.8 Å². The molecule has 0 aliphatic rings. The van der Waals surface area contributed by atoms with E-state index in [1.165, 1.54) is 6.20 Å². The van der Waals surface area contributed by atoms with Gasteiger partial charge in [-0.25, -0.2) is 4.98 Å². The van der Waals surface area contributed by atoms with E-state index >= 15 is 0 Å². The molecule has 0 saturated heterocycles. The van der Waals surface area contributed by atoms with Crippen molar-refractivity contribution in [2.75, 3.05) is 0 Å². The molecule has 0 saturated carbocycles. The molecule has 3 aromatic heterocycles. The molecule has 26 heavy (non-hydrogen) atoms. The molecule has 0 aliphatic carbocycles. The molecule has 0 radical (unpaired) electrons. The number of hydrogen-bond donors (Lipinski definition) is 2. The van der Waals surface area contributed by atoms with Crippen molar-refractivity contribution >= 4 is 16.9 Å². The predicted octanol–water partition coefficient (Wildman–Crippen LogP) is 2.28. The van der Waals surface area contributed by atoms with Crippen LogP contribution < -0.4 is 5.32 Å². The smallest absolute Gasteiger partial charge is 0.271 e. The maximum atomic E-state index is 12.5. The molecule has 3 rings (SSSR count). The summed E-state index contributed by atoms with van der Waals surface area (Å²) in [6.45, 7) is 6.91. The lowest BCUT2D eigenvalue weighted by atomic mass is 10.0. The van der Waals surface area contributed by atoms with Crippen molar-refractivity contribution in [2.45, 2.75) is 39.3 Å². The normalized spacial score (nSPS) is 12.8. The standard InChI is InChI=1S/C19H21N5O2/c1-11-6-5-7-14(22-11)13-8-20-9-15-17(13)24-16(10-21-15)18(25)23-12(2)19(3,4)26/h5-10,12,26H,1-4H3,(H,23,25). The average Bonchev–Trinajstić information content (AvgIpc) is 2.59. The SMILES string of the molecule is Cc1cccc(-c2cncc3ncc(C(=O)NC(C)C(C)(C)O)nc23)n1. The summed E-state index contributed by atoms with van der Waals surface area (Å²) in [5, 5.41) is 12.8. The summed E-state index contributed by atoms with van der Waals surface area (Å²) >= 11 is 0. The molecular weight excluding hydrogens is 330 g/mol. The molecule has 134 valence electrons. The largest absolute Gasteiger partial charge is 0.388 e. The maximum Gasteiger partial charge on any atom is 0.271 e. The van der Waals surface area contributed by atoms with Crippen LogP contribution in [0.1, 0.15) is 37.0 Å². The van der Waals surface area contributed by atoms with Crippen LogP contribution in [-0.2, 0) is 0 Å². The lowest BCUT2D eigenvalue weighted by Crippen LogP contribution is -2.47. The monoisotopic (exact) mass is 351 g/mol. The summed E-state index contributed by atoms with van der Waals surface area (Å²) in [6.07, 6.45) is 4.67. The fourth-order valence-corrected chi connectivity index (χ4v) is 2.37. The number of aliphatic hydroxyl groups is 1. The summed E-state index contributed by atoms with van der Waals surface area (Å²) in [6, 6.07) is 5.24. The van der Waals surface area contributed by atoms with E-state index in [4.69, 9.17) is 0 Å². The van der Waals surface area contributed by atoms with Gasteiger partial charge in [-0.3, -0.25) is 19.7 Å². The highest BCUT2D eigenvalue weighted by molar-refractivity contribution is 5.96. The molecule has 1 amide bonds. The quantitative estimate of drug-likeness (QED) is 0.748. The van der Waals surface area contributed by atoms with Crippen molar-refractivity contribution in [3.63, 3.8) is 0 Å². The lowest BCUT2D eigenvalue weighted by molar-refractivity contribution is 0.0407. The second-order valence-corrected chi connectivity index (χ2v) is 6.82. The highest BCUT2D eigenvalue weighted by Gasteiger charge is 2.25. The molecule has 7 nitrogen and oxygen atoms in total. The molecular formula is C19H21N5O2. The Hall–Kier alpha value is -2.93. The number of rotatable bonds is 4. The number of carbonyl (C=O) groups excluding carboxylic acids is 1. The number of aryl methyl sites for hydroxylation is 1. The minimum atomic E-state index is -1.04. The van der Waals surface area contributed by atoms with Crippen LogP contribution >= 0.6 is 0 Å². The molecule has 3 aromatic rings. The number of hydrogen-bond acceptors (Lipinski definition) is 6. The van der Waals surface area contributed by atoms with Gasteiger partial charge in [0.05, 0.1) is 29.7 Å². The third-order valence-electron chi connectivity index (χ3n) is 4.26. The van der Waals surface area contributed by atoms with Gasteiger partial charge >= 0.3 is 0 Å². The van der Waals surface area contributed by atoms with Gasteiger partial charge in [-0.2, -0.15) is 0 Å². The number of pyridine rings is 2. The Kier molecular flexibility index (Phi) is 4.65. The summed E-state index contributed by atoms with van der Waals surface area (Å²) in [4.78, 5) is 30.0. The summed E-state index contributed by atoms with van der Waals surface area (Å²) in [7, 11) is 0. The molecule has 0 bridgehead atoms. The highest BCUT2D eigenvalue weighted by Crippen LogP contribution is 2.24. The van der Waals surface area contributed by atoms with E-state index in [1.807, 2.05) is 25.1 Å². The van der Waals surface area contributed by atoms with Crippen LogP contribution in [0.2, 0.25) is 0 Å². The Balaban J connectivity index is 2.03. The van der Waals surface area contributed by atoms with Crippen molar-refractivity contribution in [3.05, 3.63) is 48.2 Å². The second kappa shape index (κ2) is 6.76. The topological polar surface area (TPSA) is 101 Å². The van der Waals surface area contributed by atoms with Crippen LogP contribution in [0, 0.1) is 6.92 Å². The van der Waals surface area contributed by atoms with Gasteiger partial charge in [0.15, 0.2) is 0 Å². The Morgan fingerprint density at radius 3 is 2.65 bits per heavy atom. The number of nitrogens with one attached hydrogen (secondary N) is 1. The molecule has 2 N–H and O–H groups in total. The third-order valence-corrected chi connectivity index (χ3v) is 4.26. The summed E-state index contributed by atoms with van der Waals surface area (Å²) in [5.41, 5.74) is 2.58. The molecule has 0 aromatic carbocycles. The van der Waals surface area contributed by atoms with E-state index in [9.17, 15) is 9.90 Å². The fourth-order valence-electron chi connectivity index (χ4n) is 2.37. The third kappa shape index (κ3) is 3.67. The van der Waals surface area contributed by atoms with Crippen molar-refractivity contribution in [3.8, 4) is 11.3 Å². The number of nitrogens with zero attached hydrogens (tertiary/aromatic N) is 4. The van der Waals surface area contributed by atoms with Crippen molar-refractivity contribution in [1.29, 1.82) is 0 Å². The van der Waals surface area contributed by atoms with Crippen molar-refractivity contribution in [2.24, 2.45) is 0 Å². The van der Waals surface area contributed by atoms with Crippen LogP contribution in [0.4, 0.5) is 0 Å². The highest BCUT2D eigenvalue weighted by atomic mass is 16.3. The van der Waals surface area contributed by atoms with E-state index in [0.29, 0.717) is 16.6 Å². The molecule has 1 unspecified atom stereocenters. The molecule has 0 aliphatic heterocycles. The first-order valence-corrected chi connectivity index (χ1v) is 8.34. The number of fused-ring (bicyclic) bond motifs is 1. The van der Waals surface area contributed by atoms with Gasteiger partial charge < -0.3 is 10.4 Å². The molecule has 1 atom stereocenters. The van der Waals surface area contributed by atoms with Crippen LogP contribution in [0.3, 0.4) is 0 Å². The number of aromatic nitrogens is 4. The van der Waals surface area contributed by atoms with Gasteiger partial charge in [-0.1, -0.05) is 6.07 Å². The van der Waals surface area contributed by atoms with Crippen LogP contribution in [0.15, 0.2) is 36.8 Å². The summed E-state index contributed by atoms with van der Waals surface area (Å²) < 4.78 is 0. The Labute approximate surface area is 151 Å². The van der Waals surface area contributed by atoms with Gasteiger partial charge in [-0.15, -0.1) is 0 Å². The molecule has 0 fully saturated rings. The first-order chi connectivity index (χ1) is 12.3. The van der Waals surface area contributed by atoms with E-state index in [-0.39, 0.29) is 5.69 Å². The Bertz CT molecular complexity index is 966. The zero-order chi connectivity index (χ0) is 18.9. The first kappa shape index (κ1) is 17.9. The Morgan fingerprint density at radius 1 is 1.19 bits per heavy atom. The predicted molar refractivity (Wildman–Crippen MR) is 98.5 cm³/mol. The number of amides is 1.